The van der Waals surface area contributed by atoms with E-state index in [-0.39, 0.29) is 11.5 Å². The molecule has 0 saturated heterocycles. The zero-order valence-electron chi connectivity index (χ0n) is 8.90. The number of hydrogen-bond acceptors (Lipinski definition) is 4. The Morgan fingerprint density at radius 1 is 1.25 bits per heavy atom. The minimum atomic E-state index is 0.0768. The van der Waals surface area contributed by atoms with E-state index in [0.717, 1.165) is 11.3 Å². The van der Waals surface area contributed by atoms with Gasteiger partial charge in [-0.25, -0.2) is 0 Å². The second-order valence-electron chi connectivity index (χ2n) is 3.64. The maximum atomic E-state index is 9.59. The molecule has 2 aromatic rings. The van der Waals surface area contributed by atoms with Crippen molar-refractivity contribution >= 4 is 17.0 Å². The SMILES string of the molecule is Cc1cscc1NCc1ccc(O)cc1O. The van der Waals surface area contributed by atoms with Gasteiger partial charge in [-0.05, 0) is 30.0 Å². The normalized spacial score (nSPS) is 10.3. The van der Waals surface area contributed by atoms with Crippen molar-refractivity contribution in [2.24, 2.45) is 0 Å². The van der Waals surface area contributed by atoms with E-state index in [1.165, 1.54) is 11.6 Å². The molecular weight excluding hydrogens is 222 g/mol. The van der Waals surface area contributed by atoms with Crippen LogP contribution in [0.5, 0.6) is 11.5 Å². The first-order valence-electron chi connectivity index (χ1n) is 4.94. The fourth-order valence-corrected chi connectivity index (χ4v) is 2.24. The molecule has 0 amide bonds. The topological polar surface area (TPSA) is 52.5 Å². The maximum Gasteiger partial charge on any atom is 0.124 e. The van der Waals surface area contributed by atoms with Crippen LogP contribution in [0.4, 0.5) is 5.69 Å². The number of hydrogen-bond donors (Lipinski definition) is 3. The molecule has 1 aromatic carbocycles. The lowest BCUT2D eigenvalue weighted by Crippen LogP contribution is -1.99. The Morgan fingerprint density at radius 2 is 2.06 bits per heavy atom. The molecule has 2 rings (SSSR count). The van der Waals surface area contributed by atoms with Crippen LogP contribution in [0.2, 0.25) is 0 Å². The fourth-order valence-electron chi connectivity index (χ4n) is 1.43. The van der Waals surface area contributed by atoms with Crippen molar-refractivity contribution in [2.45, 2.75) is 13.5 Å². The van der Waals surface area contributed by atoms with Gasteiger partial charge < -0.3 is 15.5 Å². The second-order valence-corrected chi connectivity index (χ2v) is 4.38. The molecule has 3 N–H and O–H groups in total. The van der Waals surface area contributed by atoms with Gasteiger partial charge in [0.15, 0.2) is 0 Å². The summed E-state index contributed by atoms with van der Waals surface area (Å²) in [4.78, 5) is 0. The van der Waals surface area contributed by atoms with Crippen molar-refractivity contribution in [3.05, 3.63) is 40.1 Å². The summed E-state index contributed by atoms with van der Waals surface area (Å²) in [6, 6.07) is 4.62. The van der Waals surface area contributed by atoms with Gasteiger partial charge in [0.05, 0.1) is 0 Å². The standard InChI is InChI=1S/C12H13NO2S/c1-8-6-16-7-11(8)13-5-9-2-3-10(14)4-12(9)15/h2-4,6-7,13-15H,5H2,1H3. The van der Waals surface area contributed by atoms with Crippen molar-refractivity contribution in [3.63, 3.8) is 0 Å². The smallest absolute Gasteiger partial charge is 0.124 e. The highest BCUT2D eigenvalue weighted by Gasteiger charge is 2.03. The molecule has 0 aliphatic heterocycles. The van der Waals surface area contributed by atoms with Gasteiger partial charge in [-0.2, -0.15) is 0 Å². The summed E-state index contributed by atoms with van der Waals surface area (Å²) in [5, 5.41) is 26.1. The van der Waals surface area contributed by atoms with Gasteiger partial charge in [0.25, 0.3) is 0 Å². The average molecular weight is 235 g/mol. The van der Waals surface area contributed by atoms with E-state index >= 15 is 0 Å². The molecule has 0 bridgehead atoms. The quantitative estimate of drug-likeness (QED) is 0.766. The summed E-state index contributed by atoms with van der Waals surface area (Å²) in [7, 11) is 0. The highest BCUT2D eigenvalue weighted by molar-refractivity contribution is 7.08. The molecule has 0 aliphatic carbocycles. The van der Waals surface area contributed by atoms with Gasteiger partial charge in [0.2, 0.25) is 0 Å². The molecular formula is C12H13NO2S. The second kappa shape index (κ2) is 4.45. The van der Waals surface area contributed by atoms with Crippen LogP contribution >= 0.6 is 11.3 Å². The molecule has 0 radical (unpaired) electrons. The molecule has 0 fully saturated rings. The number of benzene rings is 1. The van der Waals surface area contributed by atoms with Gasteiger partial charge in [0.1, 0.15) is 11.5 Å². The lowest BCUT2D eigenvalue weighted by Gasteiger charge is -2.07. The number of rotatable bonds is 3. The molecule has 4 heteroatoms. The predicted octanol–water partition coefficient (Wildman–Crippen LogP) is 3.08. The summed E-state index contributed by atoms with van der Waals surface area (Å²) in [6.45, 7) is 2.58. The first-order chi connectivity index (χ1) is 7.66. The molecule has 0 spiro atoms. The Morgan fingerprint density at radius 3 is 2.69 bits per heavy atom. The summed E-state index contributed by atoms with van der Waals surface area (Å²) < 4.78 is 0. The van der Waals surface area contributed by atoms with E-state index in [1.807, 2.05) is 12.3 Å². The van der Waals surface area contributed by atoms with Crippen LogP contribution in [-0.2, 0) is 6.54 Å². The largest absolute Gasteiger partial charge is 0.508 e. The highest BCUT2D eigenvalue weighted by Crippen LogP contribution is 2.25. The van der Waals surface area contributed by atoms with Crippen LogP contribution in [0.25, 0.3) is 0 Å². The van der Waals surface area contributed by atoms with Gasteiger partial charge in [0, 0.05) is 29.2 Å². The monoisotopic (exact) mass is 235 g/mol. The Hall–Kier alpha value is -1.68. The molecule has 0 unspecified atom stereocenters. The van der Waals surface area contributed by atoms with E-state index < -0.39 is 0 Å². The van der Waals surface area contributed by atoms with Crippen molar-refractivity contribution in [1.82, 2.24) is 0 Å². The van der Waals surface area contributed by atoms with Crippen LogP contribution in [0.1, 0.15) is 11.1 Å². The van der Waals surface area contributed by atoms with Gasteiger partial charge >= 0.3 is 0 Å². The number of phenols is 2. The molecule has 16 heavy (non-hydrogen) atoms. The van der Waals surface area contributed by atoms with Crippen molar-refractivity contribution in [1.29, 1.82) is 0 Å². The van der Waals surface area contributed by atoms with Gasteiger partial charge in [-0.15, -0.1) is 11.3 Å². The minimum absolute atomic E-state index is 0.0768. The third-order valence-corrected chi connectivity index (χ3v) is 3.26. The molecule has 1 aromatic heterocycles. The van der Waals surface area contributed by atoms with Crippen molar-refractivity contribution in [2.75, 3.05) is 5.32 Å². The predicted molar refractivity (Wildman–Crippen MR) is 66.2 cm³/mol. The first-order valence-corrected chi connectivity index (χ1v) is 5.88. The Bertz CT molecular complexity index is 494. The van der Waals surface area contributed by atoms with Gasteiger partial charge in [-0.1, -0.05) is 0 Å². The van der Waals surface area contributed by atoms with E-state index in [2.05, 4.69) is 10.7 Å². The first kappa shape index (κ1) is 10.8. The summed E-state index contributed by atoms with van der Waals surface area (Å²) in [5.41, 5.74) is 3.05. The number of aromatic hydroxyl groups is 2. The van der Waals surface area contributed by atoms with Crippen LogP contribution in [0.3, 0.4) is 0 Å². The number of phenolic OH excluding ortho intramolecular Hbond substituents is 2. The number of thiophene rings is 1. The molecule has 0 aliphatic rings. The molecule has 84 valence electrons. The van der Waals surface area contributed by atoms with E-state index in [9.17, 15) is 5.11 Å². The Kier molecular flexibility index (Phi) is 3.01. The highest BCUT2D eigenvalue weighted by atomic mass is 32.1. The molecule has 0 atom stereocenters. The summed E-state index contributed by atoms with van der Waals surface area (Å²) >= 11 is 1.64. The molecule has 3 nitrogen and oxygen atoms in total. The van der Waals surface area contributed by atoms with E-state index in [0.29, 0.717) is 6.54 Å². The fraction of sp³-hybridized carbons (Fsp3) is 0.167. The maximum absolute atomic E-state index is 9.59. The van der Waals surface area contributed by atoms with Crippen LogP contribution < -0.4 is 5.32 Å². The van der Waals surface area contributed by atoms with E-state index in [4.69, 9.17) is 5.11 Å². The third-order valence-electron chi connectivity index (χ3n) is 2.39. The molecule has 1 heterocycles. The van der Waals surface area contributed by atoms with Gasteiger partial charge in [-0.3, -0.25) is 0 Å². The van der Waals surface area contributed by atoms with Crippen molar-refractivity contribution < 1.29 is 10.2 Å². The lowest BCUT2D eigenvalue weighted by molar-refractivity contribution is 0.446. The zero-order valence-corrected chi connectivity index (χ0v) is 9.71. The number of anilines is 1. The number of aryl methyl sites for hydroxylation is 1. The summed E-state index contributed by atoms with van der Waals surface area (Å²) in [5.74, 6) is 0.188. The van der Waals surface area contributed by atoms with Crippen LogP contribution in [0.15, 0.2) is 29.0 Å². The minimum Gasteiger partial charge on any atom is -0.508 e. The Labute approximate surface area is 98.0 Å². The average Bonchev–Trinajstić information content (AvgIpc) is 2.63. The third kappa shape index (κ3) is 2.28. The lowest BCUT2D eigenvalue weighted by atomic mass is 10.2. The van der Waals surface area contributed by atoms with Crippen LogP contribution in [-0.4, -0.2) is 10.2 Å². The van der Waals surface area contributed by atoms with Crippen molar-refractivity contribution in [3.8, 4) is 11.5 Å². The zero-order chi connectivity index (χ0) is 11.5. The van der Waals surface area contributed by atoms with E-state index in [1.54, 1.807) is 23.5 Å². The Balaban J connectivity index is 2.08. The molecule has 0 saturated carbocycles. The summed E-state index contributed by atoms with van der Waals surface area (Å²) in [6.07, 6.45) is 0. The van der Waals surface area contributed by atoms with Crippen LogP contribution in [0, 0.1) is 6.92 Å². The number of nitrogens with one attached hydrogen (secondary N) is 1.